The number of rotatable bonds is 0. The molecule has 0 heterocycles. The van der Waals surface area contributed by atoms with E-state index in [0.29, 0.717) is 0 Å². The molecular weight excluding hydrogens is 275 g/mol. The molecule has 0 saturated heterocycles. The predicted octanol–water partition coefficient (Wildman–Crippen LogP) is -2.64. The number of hydrogen-bond donors (Lipinski definition) is 0. The third kappa shape index (κ3) is 8.82. The maximum atomic E-state index is 0. The van der Waals surface area contributed by atoms with Gasteiger partial charge >= 0.3 is 23.9 Å². The van der Waals surface area contributed by atoms with E-state index in [1.807, 2.05) is 0 Å². The van der Waals surface area contributed by atoms with Crippen LogP contribution in [-0.2, 0) is 36.5 Å². The Morgan fingerprint density at radius 2 is 1.00 bits per heavy atom. The van der Waals surface area contributed by atoms with Crippen molar-refractivity contribution in [1.29, 1.82) is 0 Å². The van der Waals surface area contributed by atoms with Crippen molar-refractivity contribution in [2.24, 2.45) is 0 Å². The Labute approximate surface area is 76.8 Å². The standard InChI is InChI=1S/Al.Cu.Sn.Zn.7H. The van der Waals surface area contributed by atoms with Crippen LogP contribution in [0.25, 0.3) is 0 Å². The van der Waals surface area contributed by atoms with Crippen LogP contribution >= 0.6 is 0 Å². The average molecular weight is 282 g/mol. The summed E-state index contributed by atoms with van der Waals surface area (Å²) < 4.78 is 0. The molecule has 0 saturated carbocycles. The zero-order valence-corrected chi connectivity index (χ0v) is 4.92. The summed E-state index contributed by atoms with van der Waals surface area (Å²) >= 11 is 0. The topological polar surface area (TPSA) is 0 Å². The Kier molecular flexibility index (Phi) is 142. The molecule has 0 N–H and O–H groups in total. The molecule has 0 unspecified atom stereocenters. The van der Waals surface area contributed by atoms with Crippen LogP contribution in [0.1, 0.15) is 0 Å². The molecule has 27 valence electrons. The first-order valence-electron chi connectivity index (χ1n) is 0. The molecule has 0 aromatic rings. The molecule has 0 nitrogen and oxygen atoms in total. The second-order valence-electron chi connectivity index (χ2n) is 0. The fourth-order valence-electron chi connectivity index (χ4n) is 0. The van der Waals surface area contributed by atoms with E-state index in [-0.39, 0.29) is 77.8 Å². The molecule has 4 heavy (non-hydrogen) atoms. The van der Waals surface area contributed by atoms with E-state index < -0.39 is 0 Å². The summed E-state index contributed by atoms with van der Waals surface area (Å²) in [5.74, 6) is 0. The van der Waals surface area contributed by atoms with Gasteiger partial charge in [-0.05, 0) is 0 Å². The maximum absolute atomic E-state index is 0. The smallest absolute Gasteiger partial charge is 0 e. The second kappa shape index (κ2) is 17.9. The molecule has 1 radical (unpaired) electrons. The minimum atomic E-state index is 0. The van der Waals surface area contributed by atoms with Gasteiger partial charge in [-0.1, -0.05) is 0 Å². The zero-order chi connectivity index (χ0) is 0. The summed E-state index contributed by atoms with van der Waals surface area (Å²) in [6.07, 6.45) is 0. The van der Waals surface area contributed by atoms with Gasteiger partial charge in [0.25, 0.3) is 0 Å². The largest absolute Gasteiger partial charge is 0 e. The fourth-order valence-corrected chi connectivity index (χ4v) is 0. The SMILES string of the molecule is [AlH3].[Cu].[SnH4].[Zn]. The molecule has 0 atom stereocenters. The monoisotopic (exact) mass is 281 g/mol. The molecule has 0 spiro atoms. The van der Waals surface area contributed by atoms with E-state index in [1.165, 1.54) is 0 Å². The van der Waals surface area contributed by atoms with E-state index in [9.17, 15) is 0 Å². The molecule has 0 aliphatic carbocycles. The van der Waals surface area contributed by atoms with Gasteiger partial charge in [0.2, 0.25) is 0 Å². The summed E-state index contributed by atoms with van der Waals surface area (Å²) in [5, 5.41) is 0. The van der Waals surface area contributed by atoms with Crippen molar-refractivity contribution in [3.05, 3.63) is 0 Å². The van der Waals surface area contributed by atoms with Gasteiger partial charge in [-0.25, -0.2) is 0 Å². The Morgan fingerprint density at radius 3 is 1.00 bits per heavy atom. The minimum absolute atomic E-state index is 0. The van der Waals surface area contributed by atoms with Crippen LogP contribution in [0.3, 0.4) is 0 Å². The van der Waals surface area contributed by atoms with Gasteiger partial charge in [0.1, 0.15) is 0 Å². The average Bonchev–Trinajstić information content (AvgIpc) is 0. The van der Waals surface area contributed by atoms with Gasteiger partial charge in [-0.3, -0.25) is 0 Å². The van der Waals surface area contributed by atoms with Gasteiger partial charge in [-0.2, -0.15) is 0 Å². The molecule has 0 amide bonds. The van der Waals surface area contributed by atoms with Crippen molar-refractivity contribution in [1.82, 2.24) is 0 Å². The van der Waals surface area contributed by atoms with Crippen molar-refractivity contribution in [3.8, 4) is 0 Å². The van der Waals surface area contributed by atoms with Gasteiger partial charge < -0.3 is 0 Å². The third-order valence-corrected chi connectivity index (χ3v) is 0. The molecule has 4 heteroatoms. The molecule has 0 aromatic carbocycles. The quantitative estimate of drug-likeness (QED) is 0.426. The van der Waals surface area contributed by atoms with E-state index in [1.54, 1.807) is 0 Å². The molecule has 0 fully saturated rings. The summed E-state index contributed by atoms with van der Waals surface area (Å²) in [6.45, 7) is 0. The fraction of sp³-hybridized carbons (Fsp3) is 0. The van der Waals surface area contributed by atoms with E-state index in [0.717, 1.165) is 0 Å². The van der Waals surface area contributed by atoms with Gasteiger partial charge in [0.05, 0.1) is 0 Å². The van der Waals surface area contributed by atoms with Crippen molar-refractivity contribution in [2.75, 3.05) is 0 Å². The first-order valence-corrected chi connectivity index (χ1v) is 0. The van der Waals surface area contributed by atoms with Gasteiger partial charge in [0, 0.05) is 36.5 Å². The molecule has 0 bridgehead atoms. The van der Waals surface area contributed by atoms with E-state index >= 15 is 0 Å². The van der Waals surface area contributed by atoms with E-state index in [2.05, 4.69) is 0 Å². The summed E-state index contributed by atoms with van der Waals surface area (Å²) in [7, 11) is 0. The normalized spacial score (nSPS) is 0. The third-order valence-electron chi connectivity index (χ3n) is 0. The summed E-state index contributed by atoms with van der Waals surface area (Å²) in [6, 6.07) is 0. The van der Waals surface area contributed by atoms with Crippen LogP contribution in [0.2, 0.25) is 0 Å². The van der Waals surface area contributed by atoms with Gasteiger partial charge in [0.15, 0.2) is 17.4 Å². The second-order valence-corrected chi connectivity index (χ2v) is 0. The molecular formula is H7AlCuSnZn. The van der Waals surface area contributed by atoms with Crippen LogP contribution in [0.15, 0.2) is 0 Å². The Balaban J connectivity index is 0. The molecule has 0 aromatic heterocycles. The van der Waals surface area contributed by atoms with Crippen molar-refractivity contribution >= 4 is 41.3 Å². The predicted molar refractivity (Wildman–Crippen MR) is 21.3 cm³/mol. The minimum Gasteiger partial charge on any atom is 0 e. The maximum Gasteiger partial charge on any atom is 0 e. The van der Waals surface area contributed by atoms with Crippen LogP contribution in [0, 0.1) is 0 Å². The summed E-state index contributed by atoms with van der Waals surface area (Å²) in [4.78, 5) is 0. The van der Waals surface area contributed by atoms with E-state index in [4.69, 9.17) is 0 Å². The number of hydrogen-bond acceptors (Lipinski definition) is 0. The first kappa shape index (κ1) is 31.7. The van der Waals surface area contributed by atoms with Crippen LogP contribution in [0.5, 0.6) is 0 Å². The van der Waals surface area contributed by atoms with Crippen molar-refractivity contribution in [3.63, 3.8) is 0 Å². The Bertz CT molecular complexity index is 8.00. The Morgan fingerprint density at radius 1 is 1.00 bits per heavy atom. The Hall–Kier alpha value is 2.47. The van der Waals surface area contributed by atoms with Gasteiger partial charge in [-0.15, -0.1) is 0 Å². The molecule has 0 aliphatic heterocycles. The zero-order valence-electron chi connectivity index (χ0n) is 1.01. The van der Waals surface area contributed by atoms with Crippen molar-refractivity contribution < 1.29 is 36.5 Å². The molecule has 0 rings (SSSR count). The first-order chi connectivity index (χ1) is 0. The summed E-state index contributed by atoms with van der Waals surface area (Å²) in [5.41, 5.74) is 0. The molecule has 0 aliphatic rings. The van der Waals surface area contributed by atoms with Crippen LogP contribution in [0.4, 0.5) is 0 Å². The van der Waals surface area contributed by atoms with Crippen molar-refractivity contribution in [2.45, 2.75) is 0 Å². The van der Waals surface area contributed by atoms with Crippen LogP contribution in [-0.4, -0.2) is 41.3 Å². The van der Waals surface area contributed by atoms with Crippen LogP contribution < -0.4 is 0 Å².